The standard InChI is InChI=1S/C23H39N8O17P3S/c1-23(2,18(35)21(36)27-4-3-14(33)26-5-6-52-8-13(24)32)9-45-51(42,43)48-50(40,41)44-7-12-17(47-49(37,38)39)16(34)22(46-12)31-11-30-15-19(25)28-10-29-20(15)31/h10-12,16-18,22,34-35H,3-9H2,1-2H3,(H2,24,32)(H,26,33)(H,27,36)(H,40,41)(H,42,43)(H2,25,28,29)(H2,37,38,39)/t12-,16-,17-,18+,22-/m1/s1. The molecule has 3 heterocycles. The van der Waals surface area contributed by atoms with Crippen LogP contribution in [0.2, 0.25) is 0 Å². The van der Waals surface area contributed by atoms with Crippen molar-refractivity contribution >= 4 is 69.9 Å². The monoisotopic (exact) mass is 824 g/mol. The molecule has 52 heavy (non-hydrogen) atoms. The summed E-state index contributed by atoms with van der Waals surface area (Å²) in [6.07, 6.45) is -6.91. The molecule has 3 rings (SSSR count). The number of nitrogens with zero attached hydrogens (tertiary/aromatic N) is 4. The van der Waals surface area contributed by atoms with Crippen LogP contribution in [0.25, 0.3) is 11.2 Å². The number of phosphoric ester groups is 3. The van der Waals surface area contributed by atoms with Crippen molar-refractivity contribution in [1.82, 2.24) is 30.2 Å². The fourth-order valence-corrected chi connectivity index (χ4v) is 7.80. The number of nitrogen functional groups attached to an aromatic ring is 1. The molecule has 1 aliphatic rings. The van der Waals surface area contributed by atoms with Gasteiger partial charge in [0.1, 0.15) is 36.3 Å². The Balaban J connectivity index is 1.53. The number of nitrogens with one attached hydrogen (secondary N) is 2. The average Bonchev–Trinajstić information content (AvgIpc) is 3.58. The van der Waals surface area contributed by atoms with E-state index in [1.54, 1.807) is 0 Å². The number of aliphatic hydroxyl groups excluding tert-OH is 2. The normalized spacial score (nSPS) is 22.4. The van der Waals surface area contributed by atoms with Gasteiger partial charge in [-0.25, -0.2) is 28.6 Å². The molecule has 0 saturated carbocycles. The molecule has 1 saturated heterocycles. The second kappa shape index (κ2) is 18.1. The molecule has 1 fully saturated rings. The van der Waals surface area contributed by atoms with Crippen molar-refractivity contribution in [3.63, 3.8) is 0 Å². The Labute approximate surface area is 298 Å². The third-order valence-electron chi connectivity index (χ3n) is 6.89. The molecular weight excluding hydrogens is 785 g/mol. The predicted molar refractivity (Wildman–Crippen MR) is 176 cm³/mol. The number of amides is 3. The minimum Gasteiger partial charge on any atom is -0.386 e. The van der Waals surface area contributed by atoms with E-state index in [2.05, 4.69) is 34.4 Å². The van der Waals surface area contributed by atoms with Crippen LogP contribution >= 0.6 is 35.2 Å². The number of hydrogen-bond acceptors (Lipinski definition) is 18. The average molecular weight is 825 g/mol. The van der Waals surface area contributed by atoms with E-state index in [-0.39, 0.29) is 42.2 Å². The van der Waals surface area contributed by atoms with Crippen molar-refractivity contribution in [3.05, 3.63) is 12.7 Å². The minimum absolute atomic E-state index is 0.0290. The number of fused-ring (bicyclic) bond motifs is 1. The predicted octanol–water partition coefficient (Wildman–Crippen LogP) is -2.38. The summed E-state index contributed by atoms with van der Waals surface area (Å²) < 4.78 is 61.8. The van der Waals surface area contributed by atoms with E-state index >= 15 is 0 Å². The van der Waals surface area contributed by atoms with Crippen molar-refractivity contribution in [2.45, 2.75) is 50.9 Å². The van der Waals surface area contributed by atoms with Crippen LogP contribution in [-0.2, 0) is 50.7 Å². The molecule has 294 valence electrons. The van der Waals surface area contributed by atoms with E-state index in [0.29, 0.717) is 5.75 Å². The number of ether oxygens (including phenoxy) is 1. The first-order valence-electron chi connectivity index (χ1n) is 14.8. The molecule has 29 heteroatoms. The number of primary amides is 1. The van der Waals surface area contributed by atoms with Crippen molar-refractivity contribution in [1.29, 1.82) is 0 Å². The number of anilines is 1. The summed E-state index contributed by atoms with van der Waals surface area (Å²) in [7, 11) is -16.4. The van der Waals surface area contributed by atoms with Crippen LogP contribution in [0.1, 0.15) is 26.5 Å². The highest BCUT2D eigenvalue weighted by Gasteiger charge is 2.50. The second-order valence-corrected chi connectivity index (χ2v) is 16.9. The first-order valence-corrected chi connectivity index (χ1v) is 20.4. The van der Waals surface area contributed by atoms with Crippen LogP contribution in [0.4, 0.5) is 5.82 Å². The molecule has 3 amide bonds. The van der Waals surface area contributed by atoms with Gasteiger partial charge < -0.3 is 56.6 Å². The molecule has 0 spiro atoms. The zero-order valence-corrected chi connectivity index (χ0v) is 30.9. The summed E-state index contributed by atoms with van der Waals surface area (Å²) in [4.78, 5) is 85.8. The summed E-state index contributed by atoms with van der Waals surface area (Å²) >= 11 is 1.22. The molecule has 7 atom stereocenters. The molecule has 12 N–H and O–H groups in total. The van der Waals surface area contributed by atoms with E-state index in [4.69, 9.17) is 25.3 Å². The lowest BCUT2D eigenvalue weighted by Gasteiger charge is -2.30. The third-order valence-corrected chi connectivity index (χ3v) is 11.0. The summed E-state index contributed by atoms with van der Waals surface area (Å²) in [6, 6.07) is 0. The molecule has 0 bridgehead atoms. The Hall–Kier alpha value is -2.64. The highest BCUT2D eigenvalue weighted by atomic mass is 32.2. The number of thioether (sulfide) groups is 1. The van der Waals surface area contributed by atoms with Gasteiger partial charge >= 0.3 is 23.5 Å². The molecule has 2 aromatic heterocycles. The first kappa shape index (κ1) is 43.8. The Bertz CT molecular complexity index is 1730. The van der Waals surface area contributed by atoms with Gasteiger partial charge in [0.15, 0.2) is 17.7 Å². The lowest BCUT2D eigenvalue weighted by Crippen LogP contribution is -2.46. The van der Waals surface area contributed by atoms with E-state index in [1.165, 1.54) is 25.6 Å². The smallest absolute Gasteiger partial charge is 0.386 e. The number of rotatable bonds is 21. The molecule has 0 aromatic carbocycles. The van der Waals surface area contributed by atoms with Gasteiger partial charge in [-0.05, 0) is 0 Å². The van der Waals surface area contributed by atoms with E-state index in [1.807, 2.05) is 0 Å². The Morgan fingerprint density at radius 2 is 1.75 bits per heavy atom. The quantitative estimate of drug-likeness (QED) is 0.0464. The summed E-state index contributed by atoms with van der Waals surface area (Å²) in [5, 5.41) is 26.2. The summed E-state index contributed by atoms with van der Waals surface area (Å²) in [6.45, 7) is 0.520. The van der Waals surface area contributed by atoms with Gasteiger partial charge in [-0.1, -0.05) is 13.8 Å². The SMILES string of the molecule is CC(C)(COP(=O)(O)OP(=O)(O)OC[C@H]1O[C@@H](n2cnc3c(N)ncnc32)[C@H](O)[C@@H]1OP(=O)(O)O)[C@@H](O)C(=O)NCCC(=O)NCCSCC(N)=O. The lowest BCUT2D eigenvalue weighted by atomic mass is 9.87. The van der Waals surface area contributed by atoms with Crippen LogP contribution in [0.3, 0.4) is 0 Å². The minimum atomic E-state index is -5.56. The number of carbonyl (C=O) groups is 3. The van der Waals surface area contributed by atoms with Crippen LogP contribution < -0.4 is 22.1 Å². The van der Waals surface area contributed by atoms with Gasteiger partial charge in [0.2, 0.25) is 17.7 Å². The number of carbonyl (C=O) groups excluding carboxylic acids is 3. The Morgan fingerprint density at radius 3 is 2.40 bits per heavy atom. The number of nitrogens with two attached hydrogens (primary N) is 2. The van der Waals surface area contributed by atoms with Gasteiger partial charge in [0, 0.05) is 30.7 Å². The molecule has 2 unspecified atom stereocenters. The summed E-state index contributed by atoms with van der Waals surface area (Å²) in [5.74, 6) is -1.43. The molecule has 1 aliphatic heterocycles. The van der Waals surface area contributed by atoms with Crippen LogP contribution in [-0.4, -0.2) is 129 Å². The van der Waals surface area contributed by atoms with Gasteiger partial charge in [0.25, 0.3) is 0 Å². The fraction of sp³-hybridized carbons (Fsp3) is 0.652. The van der Waals surface area contributed by atoms with Gasteiger partial charge in [-0.2, -0.15) is 16.1 Å². The molecule has 25 nitrogen and oxygen atoms in total. The fourth-order valence-electron chi connectivity index (χ4n) is 4.38. The van der Waals surface area contributed by atoms with Crippen molar-refractivity contribution in [2.24, 2.45) is 11.1 Å². The van der Waals surface area contributed by atoms with Crippen LogP contribution in [0.15, 0.2) is 12.7 Å². The Morgan fingerprint density at radius 1 is 1.08 bits per heavy atom. The molecular formula is C23H39N8O17P3S. The van der Waals surface area contributed by atoms with E-state index < -0.39 is 90.5 Å². The highest BCUT2D eigenvalue weighted by Crippen LogP contribution is 2.61. The highest BCUT2D eigenvalue weighted by molar-refractivity contribution is 7.99. The van der Waals surface area contributed by atoms with Crippen LogP contribution in [0.5, 0.6) is 0 Å². The summed E-state index contributed by atoms with van der Waals surface area (Å²) in [5.41, 5.74) is 9.27. The van der Waals surface area contributed by atoms with Gasteiger partial charge in [-0.15, -0.1) is 0 Å². The lowest BCUT2D eigenvalue weighted by molar-refractivity contribution is -0.137. The molecule has 0 radical (unpaired) electrons. The second-order valence-electron chi connectivity index (χ2n) is 11.6. The maximum atomic E-state index is 12.6. The van der Waals surface area contributed by atoms with Crippen molar-refractivity contribution in [3.8, 4) is 0 Å². The van der Waals surface area contributed by atoms with Gasteiger partial charge in [0.05, 0.1) is 25.3 Å². The number of aliphatic hydroxyl groups is 2. The molecule has 0 aliphatic carbocycles. The van der Waals surface area contributed by atoms with Crippen LogP contribution in [0, 0.1) is 5.41 Å². The number of imidazole rings is 1. The maximum Gasteiger partial charge on any atom is 0.481 e. The van der Waals surface area contributed by atoms with E-state index in [9.17, 15) is 57.9 Å². The zero-order valence-electron chi connectivity index (χ0n) is 27.4. The van der Waals surface area contributed by atoms with Crippen molar-refractivity contribution in [2.75, 3.05) is 43.5 Å². The number of hydrogen-bond donors (Lipinski definition) is 10. The maximum absolute atomic E-state index is 12.6. The largest absolute Gasteiger partial charge is 0.481 e. The zero-order chi connectivity index (χ0) is 39.1. The van der Waals surface area contributed by atoms with E-state index in [0.717, 1.165) is 17.2 Å². The van der Waals surface area contributed by atoms with Gasteiger partial charge in [-0.3, -0.25) is 32.5 Å². The third kappa shape index (κ3) is 13.0. The first-order chi connectivity index (χ1) is 24.0. The number of phosphoric acid groups is 3. The Kier molecular flexibility index (Phi) is 15.3. The molecule has 2 aromatic rings. The topological polar surface area (TPSA) is 390 Å². The van der Waals surface area contributed by atoms with Crippen molar-refractivity contribution < 1.29 is 80.5 Å². The number of aromatic nitrogens is 4.